The van der Waals surface area contributed by atoms with Crippen LogP contribution in [0.3, 0.4) is 0 Å². The van der Waals surface area contributed by atoms with Crippen molar-refractivity contribution in [3.63, 3.8) is 0 Å². The van der Waals surface area contributed by atoms with Gasteiger partial charge in [-0.25, -0.2) is 0 Å². The van der Waals surface area contributed by atoms with Crippen molar-refractivity contribution < 1.29 is 0 Å². The van der Waals surface area contributed by atoms with E-state index in [-0.39, 0.29) is 0 Å². The van der Waals surface area contributed by atoms with Crippen LogP contribution in [0.2, 0.25) is 0 Å². The third-order valence-corrected chi connectivity index (χ3v) is 7.69. The lowest BCUT2D eigenvalue weighted by Gasteiger charge is -2.11. The van der Waals surface area contributed by atoms with Gasteiger partial charge in [0.15, 0.2) is 0 Å². The molecular weight excluding hydrogens is 458 g/mol. The number of nitrogens with zero attached hydrogens (tertiary/aromatic N) is 1. The summed E-state index contributed by atoms with van der Waals surface area (Å²) < 4.78 is 2.42. The van der Waals surface area contributed by atoms with Crippen molar-refractivity contribution in [3.05, 3.63) is 125 Å². The van der Waals surface area contributed by atoms with Gasteiger partial charge >= 0.3 is 0 Å². The van der Waals surface area contributed by atoms with Crippen LogP contribution in [0, 0.1) is 27.7 Å². The largest absolute Gasteiger partial charge is 0.309 e. The second kappa shape index (κ2) is 9.33. The molecule has 0 aliphatic heterocycles. The zero-order valence-corrected chi connectivity index (χ0v) is 23.3. The lowest BCUT2D eigenvalue weighted by atomic mass is 9.97. The highest BCUT2D eigenvalue weighted by Crippen LogP contribution is 2.38. The topological polar surface area (TPSA) is 4.93 Å². The SMILES string of the molecule is Cc1cc(C)cc(-c2ccc3c(c2)c2cc(-c4cc(C)cc(C)c4)ccc2n3-c2ccc(C(C)C)cc2)c1. The van der Waals surface area contributed by atoms with Crippen molar-refractivity contribution in [1.29, 1.82) is 0 Å². The zero-order valence-electron chi connectivity index (χ0n) is 23.3. The number of aromatic nitrogens is 1. The number of aryl methyl sites for hydroxylation is 4. The molecule has 1 heteroatoms. The molecule has 188 valence electrons. The van der Waals surface area contributed by atoms with Gasteiger partial charge in [0.1, 0.15) is 0 Å². The molecule has 0 unspecified atom stereocenters. The van der Waals surface area contributed by atoms with Crippen LogP contribution in [0.15, 0.2) is 97.1 Å². The van der Waals surface area contributed by atoms with Gasteiger partial charge in [0.25, 0.3) is 0 Å². The maximum absolute atomic E-state index is 2.42. The van der Waals surface area contributed by atoms with E-state index in [0.717, 1.165) is 0 Å². The van der Waals surface area contributed by atoms with E-state index in [0.29, 0.717) is 5.92 Å². The average molecular weight is 494 g/mol. The molecule has 0 N–H and O–H groups in total. The summed E-state index contributed by atoms with van der Waals surface area (Å²) in [5, 5.41) is 2.58. The van der Waals surface area contributed by atoms with E-state index >= 15 is 0 Å². The number of benzene rings is 5. The molecule has 0 spiro atoms. The van der Waals surface area contributed by atoms with Gasteiger partial charge in [-0.2, -0.15) is 0 Å². The number of fused-ring (bicyclic) bond motifs is 3. The van der Waals surface area contributed by atoms with Crippen molar-refractivity contribution in [2.75, 3.05) is 0 Å². The first-order valence-electron chi connectivity index (χ1n) is 13.6. The molecule has 38 heavy (non-hydrogen) atoms. The van der Waals surface area contributed by atoms with E-state index in [2.05, 4.69) is 143 Å². The maximum atomic E-state index is 2.42. The molecule has 1 heterocycles. The summed E-state index contributed by atoms with van der Waals surface area (Å²) in [6, 6.07) is 36.6. The predicted octanol–water partition coefficient (Wildman–Crippen LogP) is 10.5. The van der Waals surface area contributed by atoms with E-state index in [1.165, 1.54) is 77.6 Å². The minimum atomic E-state index is 0.517. The van der Waals surface area contributed by atoms with Crippen molar-refractivity contribution in [3.8, 4) is 27.9 Å². The fraction of sp³-hybridized carbons (Fsp3) is 0.189. The Kier molecular flexibility index (Phi) is 5.95. The Balaban J connectivity index is 1.63. The zero-order chi connectivity index (χ0) is 26.6. The first-order chi connectivity index (χ1) is 18.3. The Morgan fingerprint density at radius 3 is 1.26 bits per heavy atom. The third-order valence-electron chi connectivity index (χ3n) is 7.69. The van der Waals surface area contributed by atoms with E-state index in [1.54, 1.807) is 0 Å². The lowest BCUT2D eigenvalue weighted by molar-refractivity contribution is 0.866. The smallest absolute Gasteiger partial charge is 0.0541 e. The van der Waals surface area contributed by atoms with Crippen LogP contribution in [-0.4, -0.2) is 4.57 Å². The number of hydrogen-bond donors (Lipinski definition) is 0. The van der Waals surface area contributed by atoms with Crippen LogP contribution in [0.5, 0.6) is 0 Å². The molecule has 1 nitrogen and oxygen atoms in total. The predicted molar refractivity (Wildman–Crippen MR) is 165 cm³/mol. The monoisotopic (exact) mass is 493 g/mol. The Morgan fingerprint density at radius 2 is 0.868 bits per heavy atom. The molecule has 0 radical (unpaired) electrons. The third kappa shape index (κ3) is 4.33. The van der Waals surface area contributed by atoms with Crippen LogP contribution < -0.4 is 0 Å². The van der Waals surface area contributed by atoms with Crippen molar-refractivity contribution >= 4 is 21.8 Å². The van der Waals surface area contributed by atoms with Gasteiger partial charge in [-0.1, -0.05) is 96.8 Å². The average Bonchev–Trinajstić information content (AvgIpc) is 3.20. The van der Waals surface area contributed by atoms with Crippen LogP contribution in [-0.2, 0) is 0 Å². The first-order valence-corrected chi connectivity index (χ1v) is 13.6. The molecule has 6 aromatic rings. The highest BCUT2D eigenvalue weighted by Gasteiger charge is 2.15. The molecule has 5 aromatic carbocycles. The molecule has 0 bridgehead atoms. The summed E-state index contributed by atoms with van der Waals surface area (Å²) in [4.78, 5) is 0. The second-order valence-corrected chi connectivity index (χ2v) is 11.3. The summed E-state index contributed by atoms with van der Waals surface area (Å²) in [6.07, 6.45) is 0. The molecule has 0 saturated heterocycles. The normalized spacial score (nSPS) is 11.7. The summed E-state index contributed by atoms with van der Waals surface area (Å²) in [7, 11) is 0. The number of rotatable bonds is 4. The molecule has 0 aliphatic carbocycles. The Bertz CT molecular complexity index is 1660. The van der Waals surface area contributed by atoms with Crippen LogP contribution in [0.25, 0.3) is 49.7 Å². The van der Waals surface area contributed by atoms with Crippen LogP contribution in [0.4, 0.5) is 0 Å². The first kappa shape index (κ1) is 24.2. The standard InChI is InChI=1S/C37H35N/c1-23(2)28-7-11-33(12-8-28)38-36-13-9-29(31-17-24(3)15-25(4)18-31)21-34(36)35-22-30(10-14-37(35)38)32-19-26(5)16-27(6)20-32/h7-23H,1-6H3. The molecule has 0 fully saturated rings. The van der Waals surface area contributed by atoms with Crippen LogP contribution in [0.1, 0.15) is 47.6 Å². The Morgan fingerprint density at radius 1 is 0.447 bits per heavy atom. The minimum Gasteiger partial charge on any atom is -0.309 e. The quantitative estimate of drug-likeness (QED) is 0.230. The van der Waals surface area contributed by atoms with Gasteiger partial charge in [-0.15, -0.1) is 0 Å². The molecule has 0 saturated carbocycles. The van der Waals surface area contributed by atoms with Crippen molar-refractivity contribution in [2.24, 2.45) is 0 Å². The minimum absolute atomic E-state index is 0.517. The van der Waals surface area contributed by atoms with Gasteiger partial charge in [-0.3, -0.25) is 0 Å². The van der Waals surface area contributed by atoms with Crippen molar-refractivity contribution in [1.82, 2.24) is 4.57 Å². The van der Waals surface area contributed by atoms with Crippen LogP contribution >= 0.6 is 0 Å². The van der Waals surface area contributed by atoms with Gasteiger partial charge in [0.2, 0.25) is 0 Å². The number of hydrogen-bond acceptors (Lipinski definition) is 0. The molecule has 6 rings (SSSR count). The molecule has 0 amide bonds. The molecule has 1 aromatic heterocycles. The fourth-order valence-corrected chi connectivity index (χ4v) is 5.95. The molecular formula is C37H35N. The maximum Gasteiger partial charge on any atom is 0.0541 e. The Hall–Kier alpha value is -4.10. The van der Waals surface area contributed by atoms with Gasteiger partial charge < -0.3 is 4.57 Å². The van der Waals surface area contributed by atoms with Gasteiger partial charge in [0.05, 0.1) is 11.0 Å². The second-order valence-electron chi connectivity index (χ2n) is 11.3. The highest BCUT2D eigenvalue weighted by molar-refractivity contribution is 6.11. The molecule has 0 atom stereocenters. The summed E-state index contributed by atoms with van der Waals surface area (Å²) in [5.41, 5.74) is 15.3. The summed E-state index contributed by atoms with van der Waals surface area (Å²) >= 11 is 0. The fourth-order valence-electron chi connectivity index (χ4n) is 5.95. The van der Waals surface area contributed by atoms with Gasteiger partial charge in [0, 0.05) is 16.5 Å². The van der Waals surface area contributed by atoms with E-state index < -0.39 is 0 Å². The van der Waals surface area contributed by atoms with Crippen molar-refractivity contribution in [2.45, 2.75) is 47.5 Å². The summed E-state index contributed by atoms with van der Waals surface area (Å²) in [6.45, 7) is 13.2. The van der Waals surface area contributed by atoms with Gasteiger partial charge in [-0.05, 0) is 97.8 Å². The van der Waals surface area contributed by atoms with E-state index in [9.17, 15) is 0 Å². The summed E-state index contributed by atoms with van der Waals surface area (Å²) in [5.74, 6) is 0.517. The highest BCUT2D eigenvalue weighted by atomic mass is 15.0. The lowest BCUT2D eigenvalue weighted by Crippen LogP contribution is -1.95. The Labute approximate surface area is 226 Å². The van der Waals surface area contributed by atoms with E-state index in [1.807, 2.05) is 0 Å². The molecule has 0 aliphatic rings. The van der Waals surface area contributed by atoms with E-state index in [4.69, 9.17) is 0 Å².